The highest BCUT2D eigenvalue weighted by Gasteiger charge is 2.22. The fraction of sp³-hybridized carbons (Fsp3) is 0.562. The number of aryl methyl sites for hydroxylation is 1. The second kappa shape index (κ2) is 6.98. The van der Waals surface area contributed by atoms with Crippen LogP contribution in [0.25, 0.3) is 11.3 Å². The number of aromatic nitrogens is 4. The number of nitrogens with zero attached hydrogens (tertiary/aromatic N) is 5. The zero-order chi connectivity index (χ0) is 15.4. The maximum Gasteiger partial charge on any atom is 0.0916 e. The molecule has 6 heteroatoms. The van der Waals surface area contributed by atoms with Gasteiger partial charge in [-0.05, 0) is 25.3 Å². The molecule has 0 N–H and O–H groups in total. The molecule has 0 radical (unpaired) electrons. The van der Waals surface area contributed by atoms with E-state index in [-0.39, 0.29) is 0 Å². The summed E-state index contributed by atoms with van der Waals surface area (Å²) in [6, 6.07) is 0. The van der Waals surface area contributed by atoms with Crippen LogP contribution in [0.2, 0.25) is 0 Å². The van der Waals surface area contributed by atoms with Gasteiger partial charge >= 0.3 is 0 Å². The minimum absolute atomic E-state index is 0.676. The van der Waals surface area contributed by atoms with E-state index in [1.165, 1.54) is 6.42 Å². The number of hydrogen-bond acceptors (Lipinski definition) is 5. The van der Waals surface area contributed by atoms with E-state index in [0.29, 0.717) is 5.92 Å². The summed E-state index contributed by atoms with van der Waals surface area (Å²) in [6.07, 6.45) is 9.76. The van der Waals surface area contributed by atoms with Crippen molar-refractivity contribution in [1.29, 1.82) is 0 Å². The van der Waals surface area contributed by atoms with Crippen LogP contribution in [-0.4, -0.2) is 58.0 Å². The molecule has 1 aliphatic heterocycles. The highest BCUT2D eigenvalue weighted by atomic mass is 16.5. The average molecular weight is 301 g/mol. The molecule has 2 aromatic heterocycles. The van der Waals surface area contributed by atoms with Gasteiger partial charge in [0, 0.05) is 45.2 Å². The molecule has 0 bridgehead atoms. The minimum atomic E-state index is 0.676. The first-order valence-electron chi connectivity index (χ1n) is 7.76. The zero-order valence-corrected chi connectivity index (χ0v) is 13.3. The molecule has 118 valence electrons. The van der Waals surface area contributed by atoms with Crippen molar-refractivity contribution in [2.24, 2.45) is 13.0 Å². The molecule has 0 spiro atoms. The van der Waals surface area contributed by atoms with Gasteiger partial charge in [-0.15, -0.1) is 0 Å². The molecule has 0 aliphatic carbocycles. The third kappa shape index (κ3) is 3.69. The summed E-state index contributed by atoms with van der Waals surface area (Å²) in [5, 5.41) is 4.16. The zero-order valence-electron chi connectivity index (χ0n) is 13.3. The molecule has 1 fully saturated rings. The molecule has 1 atom stereocenters. The van der Waals surface area contributed by atoms with Crippen molar-refractivity contribution >= 4 is 0 Å². The molecule has 1 saturated heterocycles. The van der Waals surface area contributed by atoms with E-state index >= 15 is 0 Å². The molecule has 0 amide bonds. The Morgan fingerprint density at radius 2 is 2.18 bits per heavy atom. The van der Waals surface area contributed by atoms with Gasteiger partial charge in [0.25, 0.3) is 0 Å². The molecule has 2 aromatic rings. The lowest BCUT2D eigenvalue weighted by atomic mass is 10.0. The first kappa shape index (κ1) is 15.1. The summed E-state index contributed by atoms with van der Waals surface area (Å²) >= 11 is 0. The largest absolute Gasteiger partial charge is 0.383 e. The van der Waals surface area contributed by atoms with E-state index in [0.717, 1.165) is 49.6 Å². The van der Waals surface area contributed by atoms with Gasteiger partial charge in [-0.1, -0.05) is 0 Å². The SMILES string of the molecule is COCCN1CCC(Cc2cnc(-c3cnn(C)c3)cn2)C1. The Bertz CT molecular complexity index is 595. The number of rotatable bonds is 6. The molecule has 3 heterocycles. The normalized spacial score (nSPS) is 18.9. The highest BCUT2D eigenvalue weighted by Crippen LogP contribution is 2.20. The van der Waals surface area contributed by atoms with Crippen LogP contribution in [0.1, 0.15) is 12.1 Å². The lowest BCUT2D eigenvalue weighted by molar-refractivity contribution is 0.159. The van der Waals surface area contributed by atoms with E-state index in [4.69, 9.17) is 4.74 Å². The van der Waals surface area contributed by atoms with Gasteiger partial charge in [-0.25, -0.2) is 0 Å². The number of ether oxygens (including phenoxy) is 1. The van der Waals surface area contributed by atoms with E-state index in [9.17, 15) is 0 Å². The van der Waals surface area contributed by atoms with E-state index < -0.39 is 0 Å². The molecule has 6 nitrogen and oxygen atoms in total. The Kier molecular flexibility index (Phi) is 4.80. The first-order chi connectivity index (χ1) is 10.7. The van der Waals surface area contributed by atoms with Crippen molar-refractivity contribution < 1.29 is 4.74 Å². The van der Waals surface area contributed by atoms with Gasteiger partial charge in [0.2, 0.25) is 0 Å². The van der Waals surface area contributed by atoms with Gasteiger partial charge in [0.15, 0.2) is 0 Å². The lowest BCUT2D eigenvalue weighted by Gasteiger charge is -2.15. The molecule has 3 rings (SSSR count). The van der Waals surface area contributed by atoms with Crippen molar-refractivity contribution in [1.82, 2.24) is 24.6 Å². The first-order valence-corrected chi connectivity index (χ1v) is 7.76. The van der Waals surface area contributed by atoms with Gasteiger partial charge < -0.3 is 9.64 Å². The maximum atomic E-state index is 5.14. The van der Waals surface area contributed by atoms with E-state index in [1.54, 1.807) is 11.8 Å². The molecular weight excluding hydrogens is 278 g/mol. The van der Waals surface area contributed by atoms with Crippen molar-refractivity contribution in [3.63, 3.8) is 0 Å². The number of likely N-dealkylation sites (tertiary alicyclic amines) is 1. The predicted octanol–water partition coefficient (Wildman–Crippen LogP) is 1.39. The predicted molar refractivity (Wildman–Crippen MR) is 84.4 cm³/mol. The Labute approximate surface area is 131 Å². The minimum Gasteiger partial charge on any atom is -0.383 e. The van der Waals surface area contributed by atoms with Crippen LogP contribution in [0.3, 0.4) is 0 Å². The van der Waals surface area contributed by atoms with Crippen LogP contribution >= 0.6 is 0 Å². The number of methoxy groups -OCH3 is 1. The molecule has 0 aromatic carbocycles. The second-order valence-electron chi connectivity index (χ2n) is 5.95. The molecular formula is C16H23N5O. The average Bonchev–Trinajstić information content (AvgIpc) is 3.15. The second-order valence-corrected chi connectivity index (χ2v) is 5.95. The van der Waals surface area contributed by atoms with Crippen LogP contribution in [0.15, 0.2) is 24.8 Å². The molecule has 22 heavy (non-hydrogen) atoms. The Balaban J connectivity index is 1.55. The van der Waals surface area contributed by atoms with Crippen LogP contribution in [0.5, 0.6) is 0 Å². The molecule has 0 saturated carbocycles. The summed E-state index contributed by atoms with van der Waals surface area (Å²) < 4.78 is 6.92. The maximum absolute atomic E-state index is 5.14. The summed E-state index contributed by atoms with van der Waals surface area (Å²) in [4.78, 5) is 11.6. The number of hydrogen-bond donors (Lipinski definition) is 0. The standard InChI is InChI=1S/C16H23N5O/c1-20-12-14(8-19-20)16-10-17-15(9-18-16)7-13-3-4-21(11-13)5-6-22-2/h8-10,12-13H,3-7,11H2,1-2H3. The Hall–Kier alpha value is -1.79. The van der Waals surface area contributed by atoms with E-state index in [2.05, 4.69) is 20.0 Å². The summed E-state index contributed by atoms with van der Waals surface area (Å²) in [5.41, 5.74) is 2.96. The summed E-state index contributed by atoms with van der Waals surface area (Å²) in [7, 11) is 3.66. The molecule has 1 unspecified atom stereocenters. The summed E-state index contributed by atoms with van der Waals surface area (Å²) in [6.45, 7) is 4.13. The van der Waals surface area contributed by atoms with Crippen molar-refractivity contribution in [2.75, 3.05) is 33.4 Å². The third-order valence-electron chi connectivity index (χ3n) is 4.19. The van der Waals surface area contributed by atoms with E-state index in [1.807, 2.05) is 31.8 Å². The summed E-state index contributed by atoms with van der Waals surface area (Å²) in [5.74, 6) is 0.676. The fourth-order valence-corrected chi connectivity index (χ4v) is 2.96. The van der Waals surface area contributed by atoms with Gasteiger partial charge in [-0.3, -0.25) is 14.6 Å². The highest BCUT2D eigenvalue weighted by molar-refractivity contribution is 5.55. The lowest BCUT2D eigenvalue weighted by Crippen LogP contribution is -2.25. The Morgan fingerprint density at radius 1 is 1.27 bits per heavy atom. The molecule has 1 aliphatic rings. The van der Waals surface area contributed by atoms with Crippen molar-refractivity contribution in [3.05, 3.63) is 30.5 Å². The van der Waals surface area contributed by atoms with Crippen LogP contribution in [0, 0.1) is 5.92 Å². The van der Waals surface area contributed by atoms with Crippen molar-refractivity contribution in [2.45, 2.75) is 12.8 Å². The quantitative estimate of drug-likeness (QED) is 0.807. The van der Waals surface area contributed by atoms with Crippen LogP contribution < -0.4 is 0 Å². The van der Waals surface area contributed by atoms with Crippen LogP contribution in [0.4, 0.5) is 0 Å². The van der Waals surface area contributed by atoms with Crippen LogP contribution in [-0.2, 0) is 18.2 Å². The van der Waals surface area contributed by atoms with Gasteiger partial charge in [-0.2, -0.15) is 5.10 Å². The van der Waals surface area contributed by atoms with Crippen molar-refractivity contribution in [3.8, 4) is 11.3 Å². The fourth-order valence-electron chi connectivity index (χ4n) is 2.96. The third-order valence-corrected chi connectivity index (χ3v) is 4.19. The smallest absolute Gasteiger partial charge is 0.0916 e. The van der Waals surface area contributed by atoms with Gasteiger partial charge in [0.1, 0.15) is 0 Å². The monoisotopic (exact) mass is 301 g/mol. The van der Waals surface area contributed by atoms with Gasteiger partial charge in [0.05, 0.1) is 30.4 Å². The Morgan fingerprint density at radius 3 is 2.86 bits per heavy atom. The topological polar surface area (TPSA) is 56.1 Å².